The highest BCUT2D eigenvalue weighted by molar-refractivity contribution is 5.00. The van der Waals surface area contributed by atoms with Gasteiger partial charge in [-0.1, -0.05) is 6.58 Å². The van der Waals surface area contributed by atoms with Gasteiger partial charge in [-0.25, -0.2) is 0 Å². The first-order chi connectivity index (χ1) is 5.65. The molecule has 0 atom stereocenters. The lowest BCUT2D eigenvalue weighted by Gasteiger charge is -2.39. The molecule has 0 saturated carbocycles. The van der Waals surface area contributed by atoms with Crippen molar-refractivity contribution >= 4 is 0 Å². The summed E-state index contributed by atoms with van der Waals surface area (Å²) in [5.41, 5.74) is 1.28. The molecule has 0 N–H and O–H groups in total. The molecule has 0 radical (unpaired) electrons. The third-order valence-electron chi connectivity index (χ3n) is 2.60. The molecule has 0 bridgehead atoms. The van der Waals surface area contributed by atoms with Gasteiger partial charge in [0.2, 0.25) is 0 Å². The van der Waals surface area contributed by atoms with E-state index < -0.39 is 0 Å². The lowest BCUT2D eigenvalue weighted by molar-refractivity contribution is 0.151. The van der Waals surface area contributed by atoms with E-state index in [9.17, 15) is 0 Å². The van der Waals surface area contributed by atoms with E-state index in [1.807, 2.05) is 0 Å². The predicted octanol–water partition coefficient (Wildman–Crippen LogP) is 1.55. The molecule has 0 aromatic rings. The van der Waals surface area contributed by atoms with Gasteiger partial charge in [-0.05, 0) is 20.8 Å². The Bertz CT molecular complexity index is 163. The molecule has 1 heterocycles. The number of hydrogen-bond acceptors (Lipinski definition) is 2. The summed E-state index contributed by atoms with van der Waals surface area (Å²) in [5.74, 6) is 0. The first-order valence-corrected chi connectivity index (χ1v) is 4.82. The fraction of sp³-hybridized carbons (Fsp3) is 0.800. The Morgan fingerprint density at radius 2 is 2.08 bits per heavy atom. The molecule has 2 heteroatoms. The van der Waals surface area contributed by atoms with Gasteiger partial charge in [0.15, 0.2) is 0 Å². The predicted molar refractivity (Wildman–Crippen MR) is 53.1 cm³/mol. The Labute approximate surface area is 75.8 Å². The highest BCUT2D eigenvalue weighted by atomic mass is 15.3. The molecule has 0 spiro atoms. The molecule has 0 aromatic heterocycles. The van der Waals surface area contributed by atoms with Crippen LogP contribution < -0.4 is 0 Å². The number of piperazine rings is 1. The highest BCUT2D eigenvalue weighted by Crippen LogP contribution is 2.12. The molecule has 1 saturated heterocycles. The SMILES string of the molecule is C=C1CN(C(C)C)CCN1CC. The first kappa shape index (κ1) is 9.59. The van der Waals surface area contributed by atoms with Gasteiger partial charge in [0.25, 0.3) is 0 Å². The third-order valence-corrected chi connectivity index (χ3v) is 2.60. The molecule has 0 unspecified atom stereocenters. The number of nitrogens with zero attached hydrogens (tertiary/aromatic N) is 2. The highest BCUT2D eigenvalue weighted by Gasteiger charge is 2.19. The summed E-state index contributed by atoms with van der Waals surface area (Å²) in [5, 5.41) is 0. The standard InChI is InChI=1S/C10H20N2/c1-5-11-6-7-12(9(2)3)8-10(11)4/h9H,4-8H2,1-3H3. The zero-order valence-corrected chi connectivity index (χ0v) is 8.51. The molecule has 0 amide bonds. The van der Waals surface area contributed by atoms with E-state index in [0.29, 0.717) is 6.04 Å². The van der Waals surface area contributed by atoms with Crippen LogP contribution in [0, 0.1) is 0 Å². The molecule has 0 aliphatic carbocycles. The van der Waals surface area contributed by atoms with E-state index in [-0.39, 0.29) is 0 Å². The fourth-order valence-corrected chi connectivity index (χ4v) is 1.64. The van der Waals surface area contributed by atoms with Gasteiger partial charge in [0.05, 0.1) is 0 Å². The van der Waals surface area contributed by atoms with Gasteiger partial charge in [-0.2, -0.15) is 0 Å². The van der Waals surface area contributed by atoms with Crippen LogP contribution in [-0.2, 0) is 0 Å². The van der Waals surface area contributed by atoms with Crippen LogP contribution in [0.2, 0.25) is 0 Å². The molecule has 1 rings (SSSR count). The summed E-state index contributed by atoms with van der Waals surface area (Å²) in [6.45, 7) is 15.2. The quantitative estimate of drug-likeness (QED) is 0.617. The summed E-state index contributed by atoms with van der Waals surface area (Å²) in [7, 11) is 0. The molecule has 2 nitrogen and oxygen atoms in total. The van der Waals surface area contributed by atoms with Crippen LogP contribution >= 0.6 is 0 Å². The minimum atomic E-state index is 0.653. The first-order valence-electron chi connectivity index (χ1n) is 4.82. The second kappa shape index (κ2) is 3.94. The van der Waals surface area contributed by atoms with Crippen molar-refractivity contribution in [3.63, 3.8) is 0 Å². The second-order valence-electron chi connectivity index (χ2n) is 3.71. The van der Waals surface area contributed by atoms with Crippen molar-refractivity contribution in [3.05, 3.63) is 12.3 Å². The molecule has 0 aromatic carbocycles. The fourth-order valence-electron chi connectivity index (χ4n) is 1.64. The molecule has 70 valence electrons. The summed E-state index contributed by atoms with van der Waals surface area (Å²) in [6, 6.07) is 0.653. The van der Waals surface area contributed by atoms with E-state index in [1.54, 1.807) is 0 Å². The summed E-state index contributed by atoms with van der Waals surface area (Å²) < 4.78 is 0. The Balaban J connectivity index is 2.46. The van der Waals surface area contributed by atoms with Gasteiger partial charge >= 0.3 is 0 Å². The number of likely N-dealkylation sites (N-methyl/N-ethyl adjacent to an activating group) is 1. The zero-order chi connectivity index (χ0) is 9.14. The Kier molecular flexibility index (Phi) is 3.15. The smallest absolute Gasteiger partial charge is 0.0381 e. The number of rotatable bonds is 2. The topological polar surface area (TPSA) is 6.48 Å². The largest absolute Gasteiger partial charge is 0.373 e. The lowest BCUT2D eigenvalue weighted by atomic mass is 10.2. The van der Waals surface area contributed by atoms with Crippen LogP contribution in [0.1, 0.15) is 20.8 Å². The van der Waals surface area contributed by atoms with Crippen LogP contribution in [0.3, 0.4) is 0 Å². The van der Waals surface area contributed by atoms with Crippen molar-refractivity contribution in [1.82, 2.24) is 9.80 Å². The van der Waals surface area contributed by atoms with Crippen LogP contribution in [0.15, 0.2) is 12.3 Å². The van der Waals surface area contributed by atoms with Crippen molar-refractivity contribution in [2.45, 2.75) is 26.8 Å². The average molecular weight is 168 g/mol. The summed E-state index contributed by atoms with van der Waals surface area (Å²) in [6.07, 6.45) is 0. The van der Waals surface area contributed by atoms with Gasteiger partial charge in [-0.3, -0.25) is 4.90 Å². The van der Waals surface area contributed by atoms with Crippen LogP contribution in [0.5, 0.6) is 0 Å². The molecular weight excluding hydrogens is 148 g/mol. The molecule has 1 fully saturated rings. The summed E-state index contributed by atoms with van der Waals surface area (Å²) in [4.78, 5) is 4.83. The van der Waals surface area contributed by atoms with Gasteiger partial charge in [0, 0.05) is 37.9 Å². The van der Waals surface area contributed by atoms with Crippen molar-refractivity contribution in [2.24, 2.45) is 0 Å². The average Bonchev–Trinajstić information content (AvgIpc) is 2.04. The maximum atomic E-state index is 4.08. The minimum absolute atomic E-state index is 0.653. The number of hydrogen-bond donors (Lipinski definition) is 0. The molecule has 1 aliphatic heterocycles. The Morgan fingerprint density at radius 3 is 2.50 bits per heavy atom. The Morgan fingerprint density at radius 1 is 1.42 bits per heavy atom. The molecule has 1 aliphatic rings. The van der Waals surface area contributed by atoms with E-state index >= 15 is 0 Å². The van der Waals surface area contributed by atoms with Gasteiger partial charge in [0.1, 0.15) is 0 Å². The Hall–Kier alpha value is -0.500. The second-order valence-corrected chi connectivity index (χ2v) is 3.71. The van der Waals surface area contributed by atoms with Crippen LogP contribution in [0.25, 0.3) is 0 Å². The molecule has 12 heavy (non-hydrogen) atoms. The van der Waals surface area contributed by atoms with Crippen molar-refractivity contribution in [2.75, 3.05) is 26.2 Å². The zero-order valence-electron chi connectivity index (χ0n) is 8.51. The van der Waals surface area contributed by atoms with E-state index in [0.717, 1.165) is 19.6 Å². The van der Waals surface area contributed by atoms with Crippen LogP contribution in [0.4, 0.5) is 0 Å². The molecular formula is C10H20N2. The monoisotopic (exact) mass is 168 g/mol. The summed E-state index contributed by atoms with van der Waals surface area (Å²) >= 11 is 0. The van der Waals surface area contributed by atoms with Crippen LogP contribution in [-0.4, -0.2) is 42.0 Å². The van der Waals surface area contributed by atoms with Gasteiger partial charge < -0.3 is 4.90 Å². The van der Waals surface area contributed by atoms with Gasteiger partial charge in [-0.15, -0.1) is 0 Å². The van der Waals surface area contributed by atoms with Crippen molar-refractivity contribution < 1.29 is 0 Å². The maximum absolute atomic E-state index is 4.08. The van der Waals surface area contributed by atoms with E-state index in [4.69, 9.17) is 0 Å². The van der Waals surface area contributed by atoms with E-state index in [2.05, 4.69) is 37.1 Å². The van der Waals surface area contributed by atoms with E-state index in [1.165, 1.54) is 12.2 Å². The normalized spacial score (nSPS) is 20.7. The third kappa shape index (κ3) is 2.01. The minimum Gasteiger partial charge on any atom is -0.373 e. The maximum Gasteiger partial charge on any atom is 0.0381 e. The van der Waals surface area contributed by atoms with Crippen molar-refractivity contribution in [3.8, 4) is 0 Å². The van der Waals surface area contributed by atoms with Crippen molar-refractivity contribution in [1.29, 1.82) is 0 Å². The lowest BCUT2D eigenvalue weighted by Crippen LogP contribution is -2.46.